The van der Waals surface area contributed by atoms with Crippen molar-refractivity contribution in [2.45, 2.75) is 58.5 Å². The van der Waals surface area contributed by atoms with E-state index in [4.69, 9.17) is 21.3 Å². The number of hydrogen-bond donors (Lipinski definition) is 0. The molecule has 1 aromatic carbocycles. The fourth-order valence-corrected chi connectivity index (χ4v) is 5.68. The van der Waals surface area contributed by atoms with Gasteiger partial charge in [0.1, 0.15) is 11.5 Å². The molecule has 1 unspecified atom stereocenters. The molecule has 0 radical (unpaired) electrons. The molecule has 194 valence electrons. The fraction of sp³-hybridized carbons (Fsp3) is 0.500. The quantitative estimate of drug-likeness (QED) is 0.462. The number of aromatic nitrogens is 3. The van der Waals surface area contributed by atoms with Crippen molar-refractivity contribution in [2.24, 2.45) is 16.4 Å². The Bertz CT molecular complexity index is 1470. The second-order valence-corrected chi connectivity index (χ2v) is 11.5. The Morgan fingerprint density at radius 2 is 2.03 bits per heavy atom. The van der Waals surface area contributed by atoms with E-state index in [9.17, 15) is 4.79 Å². The first-order chi connectivity index (χ1) is 17.7. The molecule has 0 N–H and O–H groups in total. The van der Waals surface area contributed by atoms with Crippen molar-refractivity contribution in [1.29, 1.82) is 0 Å². The lowest BCUT2D eigenvalue weighted by Gasteiger charge is -2.38. The summed E-state index contributed by atoms with van der Waals surface area (Å²) < 4.78 is 22.9. The van der Waals surface area contributed by atoms with Crippen molar-refractivity contribution in [3.05, 3.63) is 62.5 Å². The Hall–Kier alpha value is -2.84. The number of fused-ring (bicyclic) bond motifs is 1. The third-order valence-corrected chi connectivity index (χ3v) is 8.36. The van der Waals surface area contributed by atoms with Crippen molar-refractivity contribution in [1.82, 2.24) is 19.4 Å². The Kier molecular flexibility index (Phi) is 6.07. The van der Waals surface area contributed by atoms with Crippen LogP contribution in [0.5, 0.6) is 0 Å². The average Bonchev–Trinajstić information content (AvgIpc) is 3.62. The summed E-state index contributed by atoms with van der Waals surface area (Å²) in [4.78, 5) is 22.9. The van der Waals surface area contributed by atoms with E-state index in [0.717, 1.165) is 37.5 Å². The van der Waals surface area contributed by atoms with Crippen LogP contribution in [0, 0.1) is 31.0 Å². The van der Waals surface area contributed by atoms with Gasteiger partial charge in [-0.15, -0.1) is 0 Å². The minimum atomic E-state index is -0.498. The highest BCUT2D eigenvalue weighted by Crippen LogP contribution is 2.41. The van der Waals surface area contributed by atoms with E-state index in [2.05, 4.69) is 22.0 Å². The van der Waals surface area contributed by atoms with E-state index >= 15 is 4.39 Å². The lowest BCUT2D eigenvalue weighted by Crippen LogP contribution is -2.43. The van der Waals surface area contributed by atoms with Gasteiger partial charge in [-0.2, -0.15) is 5.10 Å². The molecule has 1 saturated carbocycles. The van der Waals surface area contributed by atoms with Crippen molar-refractivity contribution in [2.75, 3.05) is 19.7 Å². The molecule has 3 aliphatic rings. The van der Waals surface area contributed by atoms with Gasteiger partial charge in [0.15, 0.2) is 5.65 Å². The number of hydrogen-bond acceptors (Lipinski definition) is 6. The third kappa shape index (κ3) is 4.55. The number of hydrazone groups is 1. The monoisotopic (exact) mass is 523 g/mol. The number of halogens is 2. The van der Waals surface area contributed by atoms with E-state index in [-0.39, 0.29) is 28.6 Å². The molecule has 2 fully saturated rings. The fourth-order valence-electron chi connectivity index (χ4n) is 5.52. The van der Waals surface area contributed by atoms with Crippen LogP contribution in [0.4, 0.5) is 4.39 Å². The maximum Gasteiger partial charge on any atom is 0.261 e. The molecule has 0 bridgehead atoms. The molecule has 2 aromatic heterocycles. The number of nitrogens with zero attached hydrogens (tertiary/aromatic N) is 5. The van der Waals surface area contributed by atoms with Crippen LogP contribution in [-0.4, -0.2) is 51.4 Å². The van der Waals surface area contributed by atoms with E-state index in [1.54, 1.807) is 32.2 Å². The van der Waals surface area contributed by atoms with Crippen LogP contribution >= 0.6 is 11.6 Å². The minimum absolute atomic E-state index is 0.0259. The summed E-state index contributed by atoms with van der Waals surface area (Å²) in [5.74, 6) is 0.322. The minimum Gasteiger partial charge on any atom is -0.377 e. The van der Waals surface area contributed by atoms with Crippen LogP contribution in [0.15, 0.2) is 34.3 Å². The van der Waals surface area contributed by atoms with Crippen LogP contribution in [0.2, 0.25) is 5.02 Å². The topological polar surface area (TPSA) is 72.1 Å². The summed E-state index contributed by atoms with van der Waals surface area (Å²) in [5, 5.41) is 7.17. The predicted octanol–water partition coefficient (Wildman–Crippen LogP) is 5.15. The predicted molar refractivity (Wildman–Crippen MR) is 142 cm³/mol. The first kappa shape index (κ1) is 24.5. The van der Waals surface area contributed by atoms with Gasteiger partial charge < -0.3 is 4.74 Å². The van der Waals surface area contributed by atoms with Gasteiger partial charge in [-0.05, 0) is 63.6 Å². The highest BCUT2D eigenvalue weighted by Gasteiger charge is 2.43. The van der Waals surface area contributed by atoms with Crippen molar-refractivity contribution in [3.8, 4) is 11.3 Å². The lowest BCUT2D eigenvalue weighted by atomic mass is 9.78. The number of aryl methyl sites for hydroxylation is 1. The van der Waals surface area contributed by atoms with Crippen molar-refractivity contribution in [3.63, 3.8) is 0 Å². The first-order valence-electron chi connectivity index (χ1n) is 13.0. The van der Waals surface area contributed by atoms with Gasteiger partial charge in [0.05, 0.1) is 11.8 Å². The molecule has 3 aromatic rings. The third-order valence-electron chi connectivity index (χ3n) is 8.13. The van der Waals surface area contributed by atoms with E-state index < -0.39 is 5.82 Å². The molecule has 6 rings (SSSR count). The van der Waals surface area contributed by atoms with Crippen molar-refractivity contribution < 1.29 is 9.13 Å². The molecule has 37 heavy (non-hydrogen) atoms. The van der Waals surface area contributed by atoms with Crippen LogP contribution in [0.3, 0.4) is 0 Å². The maximum atomic E-state index is 15.1. The Labute approximate surface area is 220 Å². The lowest BCUT2D eigenvalue weighted by molar-refractivity contribution is -0.0459. The highest BCUT2D eigenvalue weighted by atomic mass is 35.5. The van der Waals surface area contributed by atoms with Gasteiger partial charge in [0.25, 0.3) is 5.56 Å². The molecule has 3 atom stereocenters. The summed E-state index contributed by atoms with van der Waals surface area (Å²) in [7, 11) is 0. The number of benzene rings is 1. The summed E-state index contributed by atoms with van der Waals surface area (Å²) in [6.45, 7) is 8.20. The Balaban J connectivity index is 1.39. The standard InChI is InChI=1S/C28H31ClFN5O2/c1-16-17(2)32-26-25(21-7-6-20(29)11-22(21)30)33-23(13-35(26)27(16)36)19-8-9-37-24(10-19)28(3)14-31-34(15-28)12-18-4-5-18/h6-7,11,13-14,18-19,24H,4-5,8-10,12,15H2,1-3H3/t19-,24+,28?/m0/s1. The maximum absolute atomic E-state index is 15.1. The van der Waals surface area contributed by atoms with E-state index in [1.165, 1.54) is 23.3 Å². The van der Waals surface area contributed by atoms with Gasteiger partial charge in [-0.3, -0.25) is 14.2 Å². The molecule has 0 spiro atoms. The Morgan fingerprint density at radius 1 is 1.22 bits per heavy atom. The average molecular weight is 524 g/mol. The van der Waals surface area contributed by atoms with Crippen molar-refractivity contribution >= 4 is 23.5 Å². The normalized spacial score (nSPS) is 25.8. The van der Waals surface area contributed by atoms with Gasteiger partial charge in [0.2, 0.25) is 0 Å². The van der Waals surface area contributed by atoms with Crippen LogP contribution in [0.1, 0.15) is 55.5 Å². The molecule has 4 heterocycles. The van der Waals surface area contributed by atoms with Crippen LogP contribution < -0.4 is 5.56 Å². The largest absolute Gasteiger partial charge is 0.377 e. The van der Waals surface area contributed by atoms with E-state index in [1.807, 2.05) is 6.21 Å². The van der Waals surface area contributed by atoms with E-state index in [0.29, 0.717) is 34.2 Å². The molecule has 1 saturated heterocycles. The second kappa shape index (κ2) is 9.17. The molecular weight excluding hydrogens is 493 g/mol. The smallest absolute Gasteiger partial charge is 0.261 e. The van der Waals surface area contributed by atoms with Crippen LogP contribution in [0.25, 0.3) is 16.9 Å². The number of rotatable bonds is 5. The summed E-state index contributed by atoms with van der Waals surface area (Å²) >= 11 is 6.02. The zero-order valence-electron chi connectivity index (χ0n) is 21.4. The molecule has 7 nitrogen and oxygen atoms in total. The molecule has 0 amide bonds. The molecule has 2 aliphatic heterocycles. The molecular formula is C28H31ClFN5O2. The molecule has 1 aliphatic carbocycles. The first-order valence-corrected chi connectivity index (χ1v) is 13.4. The van der Waals surface area contributed by atoms with Gasteiger partial charge in [0, 0.05) is 65.3 Å². The summed E-state index contributed by atoms with van der Waals surface area (Å²) in [6, 6.07) is 4.49. The summed E-state index contributed by atoms with van der Waals surface area (Å²) in [5.41, 5.74) is 2.50. The van der Waals surface area contributed by atoms with Gasteiger partial charge >= 0.3 is 0 Å². The van der Waals surface area contributed by atoms with Gasteiger partial charge in [-0.25, -0.2) is 14.4 Å². The number of ether oxygens (including phenoxy) is 1. The summed E-state index contributed by atoms with van der Waals surface area (Å²) in [6.07, 6.45) is 7.90. The van der Waals surface area contributed by atoms with Gasteiger partial charge in [-0.1, -0.05) is 18.5 Å². The zero-order valence-corrected chi connectivity index (χ0v) is 22.1. The highest BCUT2D eigenvalue weighted by molar-refractivity contribution is 6.30. The Morgan fingerprint density at radius 3 is 2.78 bits per heavy atom. The SMILES string of the molecule is Cc1nc2c(-c3ccc(Cl)cc3F)nc([C@H]3CCO[C@@H](C4(C)C=NN(CC5CC5)C4)C3)cn2c(=O)c1C. The second-order valence-electron chi connectivity index (χ2n) is 11.1. The van der Waals surface area contributed by atoms with Crippen LogP contribution in [-0.2, 0) is 4.74 Å². The zero-order chi connectivity index (χ0) is 25.9. The molecule has 9 heteroatoms.